The summed E-state index contributed by atoms with van der Waals surface area (Å²) in [6.07, 6.45) is 2.14. The summed E-state index contributed by atoms with van der Waals surface area (Å²) in [7, 11) is 0. The van der Waals surface area contributed by atoms with Gasteiger partial charge in [0, 0.05) is 5.92 Å². The van der Waals surface area contributed by atoms with Crippen LogP contribution in [0.3, 0.4) is 0 Å². The summed E-state index contributed by atoms with van der Waals surface area (Å²) in [6.45, 7) is 2.09. The molecule has 0 aromatic carbocycles. The summed E-state index contributed by atoms with van der Waals surface area (Å²) < 4.78 is 0. The molecular formula is C6H11NO. The van der Waals surface area contributed by atoms with Crippen LogP contribution in [0.4, 0.5) is 0 Å². The zero-order chi connectivity index (χ0) is 6.15. The number of carbonyl (C=O) groups is 1. The second-order valence-corrected chi connectivity index (χ2v) is 2.41. The fraction of sp³-hybridized carbons (Fsp3) is 0.833. The molecule has 1 aliphatic carbocycles. The van der Waals surface area contributed by atoms with Crippen LogP contribution < -0.4 is 5.73 Å². The summed E-state index contributed by atoms with van der Waals surface area (Å²) >= 11 is 0. The van der Waals surface area contributed by atoms with Crippen molar-refractivity contribution in [2.45, 2.75) is 19.8 Å². The highest BCUT2D eigenvalue weighted by molar-refractivity contribution is 5.79. The van der Waals surface area contributed by atoms with Gasteiger partial charge in [0.05, 0.1) is 0 Å². The SMILES string of the molecule is CC[C@@H]1C[C@@H]1C(N)=O. The summed E-state index contributed by atoms with van der Waals surface area (Å²) in [5.74, 6) is 0.726. The van der Waals surface area contributed by atoms with Gasteiger partial charge in [0.2, 0.25) is 5.91 Å². The first kappa shape index (κ1) is 5.60. The molecule has 0 spiro atoms. The van der Waals surface area contributed by atoms with Crippen LogP contribution in [0.1, 0.15) is 19.8 Å². The van der Waals surface area contributed by atoms with Crippen LogP contribution in [0.2, 0.25) is 0 Å². The topological polar surface area (TPSA) is 43.1 Å². The number of amides is 1. The van der Waals surface area contributed by atoms with Gasteiger partial charge in [0.15, 0.2) is 0 Å². The maximum atomic E-state index is 10.4. The van der Waals surface area contributed by atoms with Gasteiger partial charge in [-0.05, 0) is 12.3 Å². The molecule has 0 aromatic rings. The van der Waals surface area contributed by atoms with E-state index in [0.29, 0.717) is 5.92 Å². The number of nitrogens with two attached hydrogens (primary N) is 1. The molecule has 1 rings (SSSR count). The average molecular weight is 113 g/mol. The van der Waals surface area contributed by atoms with Crippen LogP contribution in [0.15, 0.2) is 0 Å². The Balaban J connectivity index is 2.26. The summed E-state index contributed by atoms with van der Waals surface area (Å²) in [5.41, 5.74) is 5.02. The van der Waals surface area contributed by atoms with Crippen molar-refractivity contribution in [2.75, 3.05) is 0 Å². The van der Waals surface area contributed by atoms with E-state index in [1.165, 1.54) is 0 Å². The monoisotopic (exact) mass is 113 g/mol. The van der Waals surface area contributed by atoms with Crippen molar-refractivity contribution in [3.63, 3.8) is 0 Å². The van der Waals surface area contributed by atoms with E-state index in [-0.39, 0.29) is 11.8 Å². The highest BCUT2D eigenvalue weighted by Crippen LogP contribution is 2.40. The molecule has 2 nitrogen and oxygen atoms in total. The maximum Gasteiger partial charge on any atom is 0.220 e. The number of hydrogen-bond acceptors (Lipinski definition) is 1. The Morgan fingerprint density at radius 1 is 1.88 bits per heavy atom. The van der Waals surface area contributed by atoms with Crippen LogP contribution in [0.5, 0.6) is 0 Å². The van der Waals surface area contributed by atoms with E-state index < -0.39 is 0 Å². The first-order chi connectivity index (χ1) is 3.75. The first-order valence-electron chi connectivity index (χ1n) is 3.05. The minimum Gasteiger partial charge on any atom is -0.369 e. The lowest BCUT2D eigenvalue weighted by Crippen LogP contribution is -2.13. The third kappa shape index (κ3) is 0.831. The normalized spacial score (nSPS) is 34.6. The van der Waals surface area contributed by atoms with Gasteiger partial charge in [0.1, 0.15) is 0 Å². The van der Waals surface area contributed by atoms with Crippen LogP contribution in [-0.2, 0) is 4.79 Å². The standard InChI is InChI=1S/C6H11NO/c1-2-4-3-5(4)6(7)8/h4-5H,2-3H2,1H3,(H2,7,8)/t4-,5+/m1/s1. The van der Waals surface area contributed by atoms with Crippen LogP contribution in [0.25, 0.3) is 0 Å². The summed E-state index contributed by atoms with van der Waals surface area (Å²) in [5, 5.41) is 0. The molecule has 0 aliphatic heterocycles. The Hall–Kier alpha value is -0.530. The molecule has 0 unspecified atom stereocenters. The Morgan fingerprint density at radius 2 is 2.50 bits per heavy atom. The fourth-order valence-electron chi connectivity index (χ4n) is 1.05. The molecule has 0 saturated heterocycles. The number of primary amides is 1. The molecule has 2 atom stereocenters. The smallest absolute Gasteiger partial charge is 0.220 e. The number of rotatable bonds is 2. The van der Waals surface area contributed by atoms with E-state index >= 15 is 0 Å². The van der Waals surface area contributed by atoms with Crippen molar-refractivity contribution < 1.29 is 4.79 Å². The lowest BCUT2D eigenvalue weighted by atomic mass is 10.2. The molecular weight excluding hydrogens is 102 g/mol. The molecule has 2 N–H and O–H groups in total. The Labute approximate surface area is 49.1 Å². The molecule has 1 saturated carbocycles. The van der Waals surface area contributed by atoms with E-state index in [1.54, 1.807) is 0 Å². The van der Waals surface area contributed by atoms with E-state index in [0.717, 1.165) is 12.8 Å². The number of carbonyl (C=O) groups excluding carboxylic acids is 1. The van der Waals surface area contributed by atoms with Gasteiger partial charge in [-0.25, -0.2) is 0 Å². The predicted octanol–water partition coefficient (Wildman–Crippen LogP) is 0.518. The van der Waals surface area contributed by atoms with E-state index in [1.807, 2.05) is 0 Å². The molecule has 8 heavy (non-hydrogen) atoms. The molecule has 1 aliphatic rings. The van der Waals surface area contributed by atoms with E-state index in [9.17, 15) is 4.79 Å². The molecule has 0 aromatic heterocycles. The Bertz CT molecular complexity index is 111. The second-order valence-electron chi connectivity index (χ2n) is 2.41. The Morgan fingerprint density at radius 3 is 2.62 bits per heavy atom. The van der Waals surface area contributed by atoms with Crippen LogP contribution >= 0.6 is 0 Å². The van der Waals surface area contributed by atoms with Crippen LogP contribution in [-0.4, -0.2) is 5.91 Å². The Kier molecular flexibility index (Phi) is 1.24. The fourth-order valence-corrected chi connectivity index (χ4v) is 1.05. The summed E-state index contributed by atoms with van der Waals surface area (Å²) in [6, 6.07) is 0. The quantitative estimate of drug-likeness (QED) is 0.557. The first-order valence-corrected chi connectivity index (χ1v) is 3.05. The third-order valence-corrected chi connectivity index (χ3v) is 1.81. The minimum absolute atomic E-state index is 0.114. The average Bonchev–Trinajstić information content (AvgIpc) is 2.42. The molecule has 1 fully saturated rings. The zero-order valence-corrected chi connectivity index (χ0v) is 5.05. The van der Waals surface area contributed by atoms with Gasteiger partial charge < -0.3 is 5.73 Å². The second kappa shape index (κ2) is 1.77. The van der Waals surface area contributed by atoms with Gasteiger partial charge in [-0.15, -0.1) is 0 Å². The highest BCUT2D eigenvalue weighted by Gasteiger charge is 2.39. The highest BCUT2D eigenvalue weighted by atomic mass is 16.1. The van der Waals surface area contributed by atoms with Crippen molar-refractivity contribution in [2.24, 2.45) is 17.6 Å². The molecule has 46 valence electrons. The van der Waals surface area contributed by atoms with Crippen molar-refractivity contribution in [3.8, 4) is 0 Å². The predicted molar refractivity (Wildman–Crippen MR) is 31.1 cm³/mol. The maximum absolute atomic E-state index is 10.4. The van der Waals surface area contributed by atoms with Gasteiger partial charge in [-0.3, -0.25) is 4.79 Å². The molecule has 1 amide bonds. The van der Waals surface area contributed by atoms with Crippen molar-refractivity contribution in [1.29, 1.82) is 0 Å². The van der Waals surface area contributed by atoms with Crippen molar-refractivity contribution in [3.05, 3.63) is 0 Å². The third-order valence-electron chi connectivity index (χ3n) is 1.81. The van der Waals surface area contributed by atoms with Gasteiger partial charge in [0.25, 0.3) is 0 Å². The molecule has 0 bridgehead atoms. The minimum atomic E-state index is -0.114. The lowest BCUT2D eigenvalue weighted by Gasteiger charge is -1.86. The summed E-state index contributed by atoms with van der Waals surface area (Å²) in [4.78, 5) is 10.4. The van der Waals surface area contributed by atoms with Gasteiger partial charge in [-0.1, -0.05) is 13.3 Å². The molecule has 0 heterocycles. The van der Waals surface area contributed by atoms with Gasteiger partial charge >= 0.3 is 0 Å². The van der Waals surface area contributed by atoms with Gasteiger partial charge in [-0.2, -0.15) is 0 Å². The molecule has 0 radical (unpaired) electrons. The lowest BCUT2D eigenvalue weighted by molar-refractivity contribution is -0.119. The van der Waals surface area contributed by atoms with Crippen molar-refractivity contribution >= 4 is 5.91 Å². The van der Waals surface area contributed by atoms with Crippen molar-refractivity contribution in [1.82, 2.24) is 0 Å². The van der Waals surface area contributed by atoms with E-state index in [2.05, 4.69) is 6.92 Å². The molecule has 2 heteroatoms. The van der Waals surface area contributed by atoms with Crippen LogP contribution in [0, 0.1) is 11.8 Å². The number of hydrogen-bond donors (Lipinski definition) is 1. The zero-order valence-electron chi connectivity index (χ0n) is 5.05. The van der Waals surface area contributed by atoms with E-state index in [4.69, 9.17) is 5.73 Å². The largest absolute Gasteiger partial charge is 0.369 e.